The predicted molar refractivity (Wildman–Crippen MR) is 146 cm³/mol. The fourth-order valence-corrected chi connectivity index (χ4v) is 6.35. The number of nitrogens with one attached hydrogen (secondary N) is 1. The molecule has 1 aliphatic carbocycles. The number of hydrogen-bond donors (Lipinski definition) is 1. The highest BCUT2D eigenvalue weighted by molar-refractivity contribution is 6.01. The van der Waals surface area contributed by atoms with Crippen LogP contribution < -0.4 is 10.2 Å². The SMILES string of the molecule is CCC1C2=C(CC(C)(C)CC2=O)Nc2ccccc2N1CC(=O)N1CCC(Cc2ccccc2)CC1. The van der Waals surface area contributed by atoms with Gasteiger partial charge in [-0.3, -0.25) is 9.59 Å². The molecule has 0 bridgehead atoms. The van der Waals surface area contributed by atoms with Gasteiger partial charge in [0.1, 0.15) is 0 Å². The lowest BCUT2D eigenvalue weighted by atomic mass is 9.74. The van der Waals surface area contributed by atoms with Crippen LogP contribution in [0.3, 0.4) is 0 Å². The number of carbonyl (C=O) groups is 2. The molecule has 0 aromatic heterocycles. The summed E-state index contributed by atoms with van der Waals surface area (Å²) < 4.78 is 0. The number of rotatable bonds is 5. The minimum atomic E-state index is -0.0979. The summed E-state index contributed by atoms with van der Waals surface area (Å²) in [5, 5.41) is 3.62. The van der Waals surface area contributed by atoms with Crippen molar-refractivity contribution < 1.29 is 9.59 Å². The second-order valence-corrected chi connectivity index (χ2v) is 11.5. The van der Waals surface area contributed by atoms with Crippen LogP contribution in [0.2, 0.25) is 0 Å². The highest BCUT2D eigenvalue weighted by Gasteiger charge is 2.40. The first-order chi connectivity index (χ1) is 17.3. The monoisotopic (exact) mass is 485 g/mol. The molecule has 1 atom stereocenters. The molecule has 1 amide bonds. The zero-order chi connectivity index (χ0) is 25.3. The van der Waals surface area contributed by atoms with Crippen molar-refractivity contribution >= 4 is 23.1 Å². The first-order valence-corrected chi connectivity index (χ1v) is 13.6. The maximum atomic E-state index is 13.6. The number of amides is 1. The van der Waals surface area contributed by atoms with Crippen LogP contribution in [0.15, 0.2) is 65.9 Å². The molecule has 5 rings (SSSR count). The highest BCUT2D eigenvalue weighted by Crippen LogP contribution is 2.44. The number of nitrogens with zero attached hydrogens (tertiary/aromatic N) is 2. The fourth-order valence-electron chi connectivity index (χ4n) is 6.35. The summed E-state index contributed by atoms with van der Waals surface area (Å²) in [5.41, 5.74) is 5.23. The third-order valence-electron chi connectivity index (χ3n) is 8.16. The van der Waals surface area contributed by atoms with Crippen LogP contribution in [0.5, 0.6) is 0 Å². The molecule has 36 heavy (non-hydrogen) atoms. The standard InChI is InChI=1S/C31H39N3O2/c1-4-26-30-25(19-31(2,3)20-28(30)35)32-24-12-8-9-13-27(24)34(26)21-29(36)33-16-14-23(15-17-33)18-22-10-6-5-7-11-22/h5-13,23,26,32H,4,14-21H2,1-3H3. The minimum Gasteiger partial charge on any atom is -0.357 e. The number of fused-ring (bicyclic) bond motifs is 1. The summed E-state index contributed by atoms with van der Waals surface area (Å²) in [7, 11) is 0. The molecule has 0 spiro atoms. The van der Waals surface area contributed by atoms with Crippen molar-refractivity contribution in [3.8, 4) is 0 Å². The van der Waals surface area contributed by atoms with Gasteiger partial charge in [-0.25, -0.2) is 0 Å². The van der Waals surface area contributed by atoms with E-state index < -0.39 is 0 Å². The number of hydrogen-bond acceptors (Lipinski definition) is 4. The summed E-state index contributed by atoms with van der Waals surface area (Å²) in [5.74, 6) is 1.00. The minimum absolute atomic E-state index is 0.0643. The van der Waals surface area contributed by atoms with Gasteiger partial charge in [-0.15, -0.1) is 0 Å². The molecule has 0 radical (unpaired) electrons. The average Bonchev–Trinajstić information content (AvgIpc) is 2.98. The molecular formula is C31H39N3O2. The first kappa shape index (κ1) is 24.6. The Kier molecular flexibility index (Phi) is 6.92. The van der Waals surface area contributed by atoms with E-state index >= 15 is 0 Å². The van der Waals surface area contributed by atoms with Crippen LogP contribution in [0, 0.1) is 11.3 Å². The van der Waals surface area contributed by atoms with Crippen LogP contribution >= 0.6 is 0 Å². The topological polar surface area (TPSA) is 52.7 Å². The van der Waals surface area contributed by atoms with Gasteiger partial charge in [-0.05, 0) is 61.1 Å². The Morgan fingerprint density at radius 3 is 2.42 bits per heavy atom. The molecule has 1 unspecified atom stereocenters. The molecule has 1 saturated heterocycles. The van der Waals surface area contributed by atoms with Gasteiger partial charge in [-0.2, -0.15) is 0 Å². The van der Waals surface area contributed by atoms with E-state index in [4.69, 9.17) is 0 Å². The molecule has 3 aliphatic rings. The van der Waals surface area contributed by atoms with Crippen molar-refractivity contribution in [1.29, 1.82) is 0 Å². The number of Topliss-reactive ketones (excluding diaryl/α,β-unsaturated/α-hetero) is 1. The van der Waals surface area contributed by atoms with E-state index in [0.717, 1.165) is 67.8 Å². The number of benzene rings is 2. The Bertz CT molecular complexity index is 1150. The Balaban J connectivity index is 1.34. The van der Waals surface area contributed by atoms with E-state index in [1.165, 1.54) is 5.56 Å². The lowest BCUT2D eigenvalue weighted by molar-refractivity contribution is -0.131. The number of carbonyl (C=O) groups excluding carboxylic acids is 2. The van der Waals surface area contributed by atoms with Gasteiger partial charge < -0.3 is 15.1 Å². The quantitative estimate of drug-likeness (QED) is 0.580. The van der Waals surface area contributed by atoms with Gasteiger partial charge >= 0.3 is 0 Å². The number of anilines is 2. The van der Waals surface area contributed by atoms with Crippen LogP contribution in [-0.4, -0.2) is 42.3 Å². The second kappa shape index (κ2) is 10.1. The molecule has 2 aromatic rings. The third kappa shape index (κ3) is 5.07. The van der Waals surface area contributed by atoms with Crippen LogP contribution in [0.25, 0.3) is 0 Å². The van der Waals surface area contributed by atoms with Crippen LogP contribution in [0.4, 0.5) is 11.4 Å². The zero-order valence-electron chi connectivity index (χ0n) is 21.9. The molecule has 1 N–H and O–H groups in total. The van der Waals surface area contributed by atoms with Crippen LogP contribution in [-0.2, 0) is 16.0 Å². The van der Waals surface area contributed by atoms with Crippen LogP contribution in [0.1, 0.15) is 58.4 Å². The van der Waals surface area contributed by atoms with E-state index in [2.05, 4.69) is 73.5 Å². The number of piperidine rings is 1. The summed E-state index contributed by atoms with van der Waals surface area (Å²) >= 11 is 0. The van der Waals surface area contributed by atoms with Crippen molar-refractivity contribution in [2.24, 2.45) is 11.3 Å². The molecule has 5 heteroatoms. The smallest absolute Gasteiger partial charge is 0.242 e. The Morgan fingerprint density at radius 1 is 1.00 bits per heavy atom. The van der Waals surface area contributed by atoms with Crippen molar-refractivity contribution in [3.63, 3.8) is 0 Å². The lowest BCUT2D eigenvalue weighted by Gasteiger charge is -2.39. The largest absolute Gasteiger partial charge is 0.357 e. The molecule has 2 aromatic carbocycles. The van der Waals surface area contributed by atoms with Gasteiger partial charge in [0.05, 0.1) is 24.0 Å². The Morgan fingerprint density at radius 2 is 1.69 bits per heavy atom. The zero-order valence-corrected chi connectivity index (χ0v) is 21.9. The van der Waals surface area contributed by atoms with Crippen molar-refractivity contribution in [1.82, 2.24) is 4.90 Å². The molecule has 0 saturated carbocycles. The lowest BCUT2D eigenvalue weighted by Crippen LogP contribution is -2.48. The van der Waals surface area contributed by atoms with E-state index in [-0.39, 0.29) is 23.1 Å². The van der Waals surface area contributed by atoms with Crippen molar-refractivity contribution in [2.75, 3.05) is 29.9 Å². The van der Waals surface area contributed by atoms with Gasteiger partial charge in [0.15, 0.2) is 5.78 Å². The van der Waals surface area contributed by atoms with Gasteiger partial charge in [0.25, 0.3) is 0 Å². The van der Waals surface area contributed by atoms with E-state index in [1.54, 1.807) is 0 Å². The van der Waals surface area contributed by atoms with E-state index in [0.29, 0.717) is 18.9 Å². The second-order valence-electron chi connectivity index (χ2n) is 11.5. The highest BCUT2D eigenvalue weighted by atomic mass is 16.2. The van der Waals surface area contributed by atoms with E-state index in [9.17, 15) is 9.59 Å². The fraction of sp³-hybridized carbons (Fsp3) is 0.484. The number of allylic oxidation sites excluding steroid dienone is 1. The maximum absolute atomic E-state index is 13.6. The van der Waals surface area contributed by atoms with Crippen molar-refractivity contribution in [3.05, 3.63) is 71.4 Å². The summed E-state index contributed by atoms with van der Waals surface area (Å²) in [6.45, 7) is 8.37. The molecule has 2 aliphatic heterocycles. The first-order valence-electron chi connectivity index (χ1n) is 13.6. The summed E-state index contributed by atoms with van der Waals surface area (Å²) in [4.78, 5) is 31.3. The Labute approximate surface area is 215 Å². The summed E-state index contributed by atoms with van der Waals surface area (Å²) in [6, 6.07) is 18.8. The number of para-hydroxylation sites is 2. The number of ketones is 1. The average molecular weight is 486 g/mol. The van der Waals surface area contributed by atoms with Crippen molar-refractivity contribution in [2.45, 2.75) is 65.3 Å². The normalized spacial score (nSPS) is 22.0. The van der Waals surface area contributed by atoms with E-state index in [1.807, 2.05) is 17.0 Å². The van der Waals surface area contributed by atoms with Gasteiger partial charge in [0.2, 0.25) is 5.91 Å². The molecule has 190 valence electrons. The molecule has 5 nitrogen and oxygen atoms in total. The predicted octanol–water partition coefficient (Wildman–Crippen LogP) is 5.82. The van der Waals surface area contributed by atoms with Gasteiger partial charge in [-0.1, -0.05) is 63.2 Å². The number of likely N-dealkylation sites (tertiary alicyclic amines) is 1. The molecule has 1 fully saturated rings. The maximum Gasteiger partial charge on any atom is 0.242 e. The third-order valence-corrected chi connectivity index (χ3v) is 8.16. The molecule has 2 heterocycles. The summed E-state index contributed by atoms with van der Waals surface area (Å²) in [6.07, 6.45) is 5.35. The molecular weight excluding hydrogens is 446 g/mol. The Hall–Kier alpha value is -3.08. The van der Waals surface area contributed by atoms with Gasteiger partial charge in [0, 0.05) is 30.8 Å².